The average Bonchev–Trinajstić information content (AvgIpc) is 3.09. The number of hydrogen-bond acceptors (Lipinski definition) is 5. The maximum atomic E-state index is 12.2. The number of rotatable bonds is 5. The third kappa shape index (κ3) is 3.19. The van der Waals surface area contributed by atoms with Crippen LogP contribution in [0.3, 0.4) is 0 Å². The van der Waals surface area contributed by atoms with Crippen LogP contribution in [-0.2, 0) is 22.9 Å². The van der Waals surface area contributed by atoms with E-state index in [1.165, 1.54) is 12.8 Å². The van der Waals surface area contributed by atoms with Gasteiger partial charge in [-0.05, 0) is 25.7 Å². The van der Waals surface area contributed by atoms with Crippen molar-refractivity contribution in [3.8, 4) is 0 Å². The van der Waals surface area contributed by atoms with Crippen molar-refractivity contribution in [3.63, 3.8) is 0 Å². The molecule has 128 valence electrons. The monoisotopic (exact) mass is 338 g/mol. The second kappa shape index (κ2) is 5.86. The van der Waals surface area contributed by atoms with Gasteiger partial charge in [0, 0.05) is 50.7 Å². The fourth-order valence-corrected chi connectivity index (χ4v) is 6.16. The summed E-state index contributed by atoms with van der Waals surface area (Å²) in [7, 11) is -2.92. The van der Waals surface area contributed by atoms with Crippen molar-refractivity contribution < 1.29 is 8.42 Å². The summed E-state index contributed by atoms with van der Waals surface area (Å²) in [5, 5.41) is 0. The summed E-state index contributed by atoms with van der Waals surface area (Å²) in [5.74, 6) is 2.50. The zero-order valence-corrected chi connectivity index (χ0v) is 14.6. The quantitative estimate of drug-likeness (QED) is 0.787. The van der Waals surface area contributed by atoms with Crippen LogP contribution in [0.4, 0.5) is 0 Å². The first-order valence-electron chi connectivity index (χ1n) is 8.74. The number of sulfone groups is 1. The van der Waals surface area contributed by atoms with E-state index in [4.69, 9.17) is 0 Å². The Morgan fingerprint density at radius 1 is 1.17 bits per heavy atom. The molecule has 0 bridgehead atoms. The van der Waals surface area contributed by atoms with Gasteiger partial charge in [0.25, 0.3) is 0 Å². The van der Waals surface area contributed by atoms with Crippen LogP contribution in [-0.4, -0.2) is 71.0 Å². The fourth-order valence-electron chi connectivity index (χ4n) is 4.11. The normalized spacial score (nSPS) is 31.3. The van der Waals surface area contributed by atoms with Crippen LogP contribution in [0.2, 0.25) is 0 Å². The van der Waals surface area contributed by atoms with Crippen LogP contribution >= 0.6 is 0 Å². The predicted molar refractivity (Wildman–Crippen MR) is 88.8 cm³/mol. The number of imidazole rings is 1. The second-order valence-electron chi connectivity index (χ2n) is 7.25. The highest BCUT2D eigenvalue weighted by molar-refractivity contribution is 7.91. The van der Waals surface area contributed by atoms with Gasteiger partial charge in [0.15, 0.2) is 9.84 Å². The molecule has 1 aromatic rings. The van der Waals surface area contributed by atoms with E-state index in [0.29, 0.717) is 11.5 Å². The Kier molecular flexibility index (Phi) is 3.98. The summed E-state index contributed by atoms with van der Waals surface area (Å²) in [5.41, 5.74) is 0. The lowest BCUT2D eigenvalue weighted by Gasteiger charge is -2.44. The number of nitrogens with zero attached hydrogens (tertiary/aromatic N) is 4. The zero-order chi connectivity index (χ0) is 16.0. The first-order valence-corrected chi connectivity index (χ1v) is 10.6. The van der Waals surface area contributed by atoms with Gasteiger partial charge in [-0.15, -0.1) is 0 Å². The molecule has 0 unspecified atom stereocenters. The standard InChI is InChI=1S/C16H26N4O2S/c1-2-18-6-5-17-16(18)10-20-8-7-19(9-13-3-4-13)14-11-23(21,22)12-15(14)20/h5-6,13-15H,2-4,7-12H2,1H3/t14-,15+/m1/s1. The highest BCUT2D eigenvalue weighted by atomic mass is 32.2. The summed E-state index contributed by atoms with van der Waals surface area (Å²) >= 11 is 0. The summed E-state index contributed by atoms with van der Waals surface area (Å²) in [6.07, 6.45) is 6.48. The molecular weight excluding hydrogens is 312 g/mol. The molecule has 1 saturated carbocycles. The van der Waals surface area contributed by atoms with E-state index in [0.717, 1.165) is 44.5 Å². The van der Waals surface area contributed by atoms with Gasteiger partial charge in [-0.1, -0.05) is 0 Å². The minimum atomic E-state index is -2.92. The van der Waals surface area contributed by atoms with Crippen LogP contribution in [0.1, 0.15) is 25.6 Å². The van der Waals surface area contributed by atoms with E-state index < -0.39 is 9.84 Å². The van der Waals surface area contributed by atoms with Crippen molar-refractivity contribution >= 4 is 9.84 Å². The van der Waals surface area contributed by atoms with Crippen molar-refractivity contribution in [2.24, 2.45) is 5.92 Å². The Hall–Kier alpha value is -0.920. The molecule has 4 rings (SSSR count). The van der Waals surface area contributed by atoms with Crippen molar-refractivity contribution in [2.75, 3.05) is 31.1 Å². The summed E-state index contributed by atoms with van der Waals surface area (Å²) in [4.78, 5) is 9.28. The second-order valence-corrected chi connectivity index (χ2v) is 9.40. The van der Waals surface area contributed by atoms with E-state index in [-0.39, 0.29) is 12.1 Å². The zero-order valence-electron chi connectivity index (χ0n) is 13.8. The molecule has 6 nitrogen and oxygen atoms in total. The molecule has 1 aromatic heterocycles. The Balaban J connectivity index is 1.52. The SMILES string of the molecule is CCn1ccnc1CN1CCN(CC2CC2)[C@@H]2CS(=O)(=O)C[C@@H]21. The molecule has 0 N–H and O–H groups in total. The van der Waals surface area contributed by atoms with Crippen molar-refractivity contribution in [2.45, 2.75) is 44.9 Å². The molecule has 2 aliphatic heterocycles. The molecule has 1 aliphatic carbocycles. The van der Waals surface area contributed by atoms with Gasteiger partial charge < -0.3 is 4.57 Å². The van der Waals surface area contributed by atoms with Gasteiger partial charge in [-0.2, -0.15) is 0 Å². The first-order chi connectivity index (χ1) is 11.1. The Bertz CT molecular complexity index is 667. The van der Waals surface area contributed by atoms with Crippen LogP contribution in [0.25, 0.3) is 0 Å². The van der Waals surface area contributed by atoms with Gasteiger partial charge in [0.1, 0.15) is 5.82 Å². The maximum Gasteiger partial charge on any atom is 0.153 e. The van der Waals surface area contributed by atoms with Gasteiger partial charge in [-0.3, -0.25) is 9.80 Å². The topological polar surface area (TPSA) is 58.4 Å². The number of piperazine rings is 1. The average molecular weight is 338 g/mol. The molecule has 3 fully saturated rings. The van der Waals surface area contributed by atoms with Crippen molar-refractivity contribution in [1.82, 2.24) is 19.4 Å². The van der Waals surface area contributed by atoms with Gasteiger partial charge in [0.05, 0.1) is 18.1 Å². The van der Waals surface area contributed by atoms with Crippen LogP contribution in [0, 0.1) is 5.92 Å². The number of fused-ring (bicyclic) bond motifs is 1. The molecule has 7 heteroatoms. The molecule has 23 heavy (non-hydrogen) atoms. The Morgan fingerprint density at radius 3 is 2.57 bits per heavy atom. The van der Waals surface area contributed by atoms with Crippen molar-refractivity contribution in [1.29, 1.82) is 0 Å². The number of hydrogen-bond donors (Lipinski definition) is 0. The van der Waals surface area contributed by atoms with E-state index in [1.807, 2.05) is 12.4 Å². The Labute approximate surface area is 138 Å². The van der Waals surface area contributed by atoms with Crippen molar-refractivity contribution in [3.05, 3.63) is 18.2 Å². The fraction of sp³-hybridized carbons (Fsp3) is 0.812. The smallest absolute Gasteiger partial charge is 0.153 e. The molecule has 0 radical (unpaired) electrons. The highest BCUT2D eigenvalue weighted by Crippen LogP contribution is 2.34. The van der Waals surface area contributed by atoms with Gasteiger partial charge in [0.2, 0.25) is 0 Å². The lowest BCUT2D eigenvalue weighted by Crippen LogP contribution is -2.59. The molecule has 2 atom stereocenters. The number of aromatic nitrogens is 2. The molecular formula is C16H26N4O2S. The van der Waals surface area contributed by atoms with E-state index >= 15 is 0 Å². The Morgan fingerprint density at radius 2 is 1.87 bits per heavy atom. The van der Waals surface area contributed by atoms with Crippen LogP contribution in [0.15, 0.2) is 12.4 Å². The molecule has 2 saturated heterocycles. The molecule has 3 aliphatic rings. The summed E-state index contributed by atoms with van der Waals surface area (Å²) in [6.45, 7) is 6.80. The summed E-state index contributed by atoms with van der Waals surface area (Å²) < 4.78 is 26.6. The lowest BCUT2D eigenvalue weighted by molar-refractivity contribution is 0.0355. The van der Waals surface area contributed by atoms with Crippen LogP contribution < -0.4 is 0 Å². The summed E-state index contributed by atoms with van der Waals surface area (Å²) in [6, 6.07) is 0.314. The molecule has 3 heterocycles. The van der Waals surface area contributed by atoms with E-state index in [9.17, 15) is 8.42 Å². The van der Waals surface area contributed by atoms with Gasteiger partial charge >= 0.3 is 0 Å². The minimum absolute atomic E-state index is 0.134. The predicted octanol–water partition coefficient (Wildman–Crippen LogP) is 0.596. The van der Waals surface area contributed by atoms with E-state index in [2.05, 4.69) is 26.3 Å². The highest BCUT2D eigenvalue weighted by Gasteiger charge is 2.47. The molecule has 0 amide bonds. The van der Waals surface area contributed by atoms with Crippen LogP contribution in [0.5, 0.6) is 0 Å². The molecule has 0 aromatic carbocycles. The third-order valence-corrected chi connectivity index (χ3v) is 7.28. The lowest BCUT2D eigenvalue weighted by atomic mass is 10.0. The molecule has 0 spiro atoms. The maximum absolute atomic E-state index is 12.2. The minimum Gasteiger partial charge on any atom is -0.334 e. The largest absolute Gasteiger partial charge is 0.334 e. The van der Waals surface area contributed by atoms with E-state index in [1.54, 1.807) is 0 Å². The first kappa shape index (κ1) is 15.6. The number of aryl methyl sites for hydroxylation is 1. The van der Waals surface area contributed by atoms with Gasteiger partial charge in [-0.25, -0.2) is 13.4 Å². The third-order valence-electron chi connectivity index (χ3n) is 5.58.